The number of carboxylic acid groups (broad SMARTS) is 1. The van der Waals surface area contributed by atoms with Crippen LogP contribution < -0.4 is 0 Å². The van der Waals surface area contributed by atoms with E-state index in [1.807, 2.05) is 30.5 Å². The number of hydrogen-bond acceptors (Lipinski definition) is 2. The Balaban J connectivity index is 2.52. The van der Waals surface area contributed by atoms with Crippen molar-refractivity contribution in [2.24, 2.45) is 10.4 Å². The van der Waals surface area contributed by atoms with Gasteiger partial charge < -0.3 is 5.11 Å². The van der Waals surface area contributed by atoms with Crippen molar-refractivity contribution >= 4 is 12.2 Å². The summed E-state index contributed by atoms with van der Waals surface area (Å²) in [7, 11) is 0. The fourth-order valence-corrected chi connectivity index (χ4v) is 4.50. The van der Waals surface area contributed by atoms with Gasteiger partial charge in [-0.25, -0.2) is 4.79 Å². The van der Waals surface area contributed by atoms with Crippen LogP contribution in [0, 0.1) is 5.41 Å². The van der Waals surface area contributed by atoms with Crippen molar-refractivity contribution < 1.29 is 9.90 Å². The molecular weight excluding hydrogens is 370 g/mol. The molecule has 3 heteroatoms. The number of aliphatic carboxylic acids is 1. The van der Waals surface area contributed by atoms with Gasteiger partial charge in [-0.2, -0.15) is 0 Å². The van der Waals surface area contributed by atoms with Crippen molar-refractivity contribution in [3.05, 3.63) is 59.2 Å². The van der Waals surface area contributed by atoms with E-state index in [-0.39, 0.29) is 11.5 Å². The first-order valence-electron chi connectivity index (χ1n) is 11.8. The molecule has 1 aromatic carbocycles. The Bertz CT molecular complexity index is 737. The number of carboxylic acids is 1. The Morgan fingerprint density at radius 3 is 2.20 bits per heavy atom. The second-order valence-electron chi connectivity index (χ2n) is 8.57. The first-order chi connectivity index (χ1) is 14.6. The molecule has 1 aromatic rings. The van der Waals surface area contributed by atoms with Crippen LogP contribution in [0.25, 0.3) is 0 Å². The van der Waals surface area contributed by atoms with Crippen molar-refractivity contribution in [3.63, 3.8) is 0 Å². The lowest BCUT2D eigenvalue weighted by Crippen LogP contribution is -2.37. The van der Waals surface area contributed by atoms with E-state index in [1.54, 1.807) is 0 Å². The lowest BCUT2D eigenvalue weighted by molar-refractivity contribution is -0.132. The zero-order valence-electron chi connectivity index (χ0n) is 19.1. The van der Waals surface area contributed by atoms with Gasteiger partial charge in [-0.05, 0) is 36.8 Å². The second-order valence-corrected chi connectivity index (χ2v) is 8.57. The molecule has 0 heterocycles. The number of nitrogens with zero attached hydrogens (tertiary/aromatic N) is 1. The van der Waals surface area contributed by atoms with E-state index in [1.165, 1.54) is 0 Å². The Hall–Kier alpha value is -2.16. The number of unbranched alkanes of at least 4 members (excludes halogenated alkanes) is 4. The number of carbonyl (C=O) groups is 1. The van der Waals surface area contributed by atoms with Crippen molar-refractivity contribution in [2.75, 3.05) is 0 Å². The minimum Gasteiger partial charge on any atom is -0.478 e. The molecule has 0 amide bonds. The molecule has 0 fully saturated rings. The molecule has 164 valence electrons. The standard InChI is InChI=1S/C27H39NO2/c1-4-7-11-16-23-24(26(29)30)17-20-27(18-8-5-2,19-9-6-3)25(23)28-21-22-14-12-10-13-15-22/h10,12-15,17,20-21,25H,4-9,11,16,18-19H2,1-3H3,(H,29,30). The maximum atomic E-state index is 12.1. The maximum Gasteiger partial charge on any atom is 0.335 e. The van der Waals surface area contributed by atoms with Crippen molar-refractivity contribution in [1.29, 1.82) is 0 Å². The van der Waals surface area contributed by atoms with Crippen molar-refractivity contribution in [3.8, 4) is 0 Å². The van der Waals surface area contributed by atoms with Gasteiger partial charge in [0.25, 0.3) is 0 Å². The zero-order valence-corrected chi connectivity index (χ0v) is 19.1. The summed E-state index contributed by atoms with van der Waals surface area (Å²) in [5, 5.41) is 9.93. The summed E-state index contributed by atoms with van der Waals surface area (Å²) in [5.74, 6) is -0.822. The van der Waals surface area contributed by atoms with Gasteiger partial charge >= 0.3 is 5.97 Å². The molecule has 0 saturated carbocycles. The van der Waals surface area contributed by atoms with Crippen LogP contribution in [0.2, 0.25) is 0 Å². The topological polar surface area (TPSA) is 49.7 Å². The molecular formula is C27H39NO2. The zero-order chi connectivity index (χ0) is 21.8. The van der Waals surface area contributed by atoms with Crippen LogP contribution in [0.3, 0.4) is 0 Å². The summed E-state index contributed by atoms with van der Waals surface area (Å²) in [6.45, 7) is 6.64. The normalized spacial score (nSPS) is 18.3. The summed E-state index contributed by atoms with van der Waals surface area (Å²) in [5.41, 5.74) is 2.47. The van der Waals surface area contributed by atoms with Crippen LogP contribution in [0.5, 0.6) is 0 Å². The molecule has 0 radical (unpaired) electrons. The highest BCUT2D eigenvalue weighted by Gasteiger charge is 2.41. The van der Waals surface area contributed by atoms with Gasteiger partial charge in [0.1, 0.15) is 0 Å². The summed E-state index contributed by atoms with van der Waals surface area (Å²) < 4.78 is 0. The quantitative estimate of drug-likeness (QED) is 0.273. The average Bonchev–Trinajstić information content (AvgIpc) is 2.76. The monoisotopic (exact) mass is 409 g/mol. The molecule has 2 rings (SSSR count). The molecule has 1 aliphatic rings. The predicted octanol–water partition coefficient (Wildman–Crippen LogP) is 7.37. The minimum absolute atomic E-state index is 0.0855. The lowest BCUT2D eigenvalue weighted by Gasteiger charge is -2.41. The highest BCUT2D eigenvalue weighted by Crippen LogP contribution is 2.46. The number of hydrogen-bond donors (Lipinski definition) is 1. The Morgan fingerprint density at radius 1 is 1.00 bits per heavy atom. The summed E-state index contributed by atoms with van der Waals surface area (Å²) >= 11 is 0. The molecule has 0 saturated heterocycles. The van der Waals surface area contributed by atoms with Gasteiger partial charge in [0.2, 0.25) is 0 Å². The lowest BCUT2D eigenvalue weighted by atomic mass is 9.65. The first-order valence-corrected chi connectivity index (χ1v) is 11.8. The summed E-state index contributed by atoms with van der Waals surface area (Å²) in [6.07, 6.45) is 16.8. The predicted molar refractivity (Wildman–Crippen MR) is 127 cm³/mol. The van der Waals surface area contributed by atoms with Crippen molar-refractivity contribution in [2.45, 2.75) is 91.0 Å². The van der Waals surface area contributed by atoms with E-state index in [2.05, 4.69) is 39.0 Å². The Morgan fingerprint density at radius 2 is 1.63 bits per heavy atom. The van der Waals surface area contributed by atoms with Crippen LogP contribution in [-0.4, -0.2) is 23.3 Å². The molecule has 0 spiro atoms. The summed E-state index contributed by atoms with van der Waals surface area (Å²) in [6, 6.07) is 10.1. The van der Waals surface area contributed by atoms with E-state index in [0.717, 1.165) is 75.3 Å². The van der Waals surface area contributed by atoms with E-state index < -0.39 is 5.97 Å². The van der Waals surface area contributed by atoms with Gasteiger partial charge in [0, 0.05) is 11.6 Å². The molecule has 1 atom stereocenters. The van der Waals surface area contributed by atoms with Crippen molar-refractivity contribution in [1.82, 2.24) is 0 Å². The van der Waals surface area contributed by atoms with E-state index >= 15 is 0 Å². The van der Waals surface area contributed by atoms with Gasteiger partial charge in [-0.3, -0.25) is 4.99 Å². The van der Waals surface area contributed by atoms with Gasteiger partial charge in [0.05, 0.1) is 11.6 Å². The molecule has 0 aromatic heterocycles. The fraction of sp³-hybridized carbons (Fsp3) is 0.556. The molecule has 1 aliphatic carbocycles. The number of aliphatic imine (C=N–C) groups is 1. The minimum atomic E-state index is -0.822. The van der Waals surface area contributed by atoms with Crippen LogP contribution in [-0.2, 0) is 4.79 Å². The third-order valence-corrected chi connectivity index (χ3v) is 6.25. The van der Waals surface area contributed by atoms with Crippen LogP contribution in [0.15, 0.2) is 58.6 Å². The third-order valence-electron chi connectivity index (χ3n) is 6.25. The molecule has 0 bridgehead atoms. The summed E-state index contributed by atoms with van der Waals surface area (Å²) in [4.78, 5) is 17.2. The molecule has 1 unspecified atom stereocenters. The highest BCUT2D eigenvalue weighted by atomic mass is 16.4. The second kappa shape index (κ2) is 12.5. The molecule has 30 heavy (non-hydrogen) atoms. The SMILES string of the molecule is CCCCCC1=C(C(=O)O)C=CC(CCCC)(CCCC)C1N=Cc1ccccc1. The van der Waals surface area contributed by atoms with Gasteiger partial charge in [-0.1, -0.05) is 102 Å². The largest absolute Gasteiger partial charge is 0.478 e. The number of rotatable bonds is 13. The first kappa shape index (κ1) is 24.1. The smallest absolute Gasteiger partial charge is 0.335 e. The van der Waals surface area contributed by atoms with Crippen LogP contribution in [0.1, 0.15) is 90.5 Å². The van der Waals surface area contributed by atoms with Gasteiger partial charge in [0.15, 0.2) is 0 Å². The van der Waals surface area contributed by atoms with E-state index in [4.69, 9.17) is 4.99 Å². The molecule has 1 N–H and O–H groups in total. The fourth-order valence-electron chi connectivity index (χ4n) is 4.50. The van der Waals surface area contributed by atoms with Gasteiger partial charge in [-0.15, -0.1) is 0 Å². The Kier molecular flexibility index (Phi) is 10.1. The molecule has 0 aliphatic heterocycles. The maximum absolute atomic E-state index is 12.1. The van der Waals surface area contributed by atoms with Crippen LogP contribution in [0.4, 0.5) is 0 Å². The Labute approximate surface area is 183 Å². The molecule has 3 nitrogen and oxygen atoms in total. The number of benzene rings is 1. The van der Waals surface area contributed by atoms with Crippen LogP contribution >= 0.6 is 0 Å². The average molecular weight is 410 g/mol. The van der Waals surface area contributed by atoms with E-state index in [9.17, 15) is 9.90 Å². The third kappa shape index (κ3) is 6.42. The van der Waals surface area contributed by atoms with E-state index in [0.29, 0.717) is 5.57 Å². The highest BCUT2D eigenvalue weighted by molar-refractivity contribution is 5.92.